The lowest BCUT2D eigenvalue weighted by molar-refractivity contribution is 0.0793. The van der Waals surface area contributed by atoms with E-state index in [0.717, 1.165) is 25.2 Å². The molecule has 0 spiro atoms. The van der Waals surface area contributed by atoms with Crippen molar-refractivity contribution >= 4 is 0 Å². The van der Waals surface area contributed by atoms with Crippen molar-refractivity contribution in [3.05, 3.63) is 24.2 Å². The van der Waals surface area contributed by atoms with Crippen LogP contribution in [0, 0.1) is 5.92 Å². The van der Waals surface area contributed by atoms with Crippen LogP contribution in [0.3, 0.4) is 0 Å². The van der Waals surface area contributed by atoms with E-state index in [1.54, 1.807) is 6.26 Å². The molecule has 1 aromatic rings. The van der Waals surface area contributed by atoms with Crippen molar-refractivity contribution in [1.82, 2.24) is 0 Å². The standard InChI is InChI=1S/C11H17NO2/c1-2-9-8(5-7-14-9)11(12)10-4-3-6-13-10/h3-4,6,8-9,11H,2,5,7,12H2,1H3. The lowest BCUT2D eigenvalue weighted by Crippen LogP contribution is -2.27. The van der Waals surface area contributed by atoms with Crippen LogP contribution in [-0.4, -0.2) is 12.7 Å². The van der Waals surface area contributed by atoms with Gasteiger partial charge in [0.15, 0.2) is 0 Å². The molecule has 1 aromatic heterocycles. The van der Waals surface area contributed by atoms with Gasteiger partial charge in [0.2, 0.25) is 0 Å². The molecular weight excluding hydrogens is 178 g/mol. The highest BCUT2D eigenvalue weighted by Crippen LogP contribution is 2.33. The molecule has 2 heterocycles. The van der Waals surface area contributed by atoms with Crippen LogP contribution in [-0.2, 0) is 4.74 Å². The average Bonchev–Trinajstić information content (AvgIpc) is 2.87. The summed E-state index contributed by atoms with van der Waals surface area (Å²) in [7, 11) is 0. The molecule has 3 heteroatoms. The Bertz CT molecular complexity index is 271. The summed E-state index contributed by atoms with van der Waals surface area (Å²) in [4.78, 5) is 0. The Morgan fingerprint density at radius 2 is 2.50 bits per heavy atom. The van der Waals surface area contributed by atoms with Gasteiger partial charge in [-0.2, -0.15) is 0 Å². The summed E-state index contributed by atoms with van der Waals surface area (Å²) < 4.78 is 10.9. The van der Waals surface area contributed by atoms with Gasteiger partial charge in [0.25, 0.3) is 0 Å². The van der Waals surface area contributed by atoms with Crippen molar-refractivity contribution in [2.24, 2.45) is 11.7 Å². The Morgan fingerprint density at radius 1 is 1.64 bits per heavy atom. The van der Waals surface area contributed by atoms with Gasteiger partial charge in [-0.05, 0) is 25.0 Å². The van der Waals surface area contributed by atoms with Crippen molar-refractivity contribution in [1.29, 1.82) is 0 Å². The quantitative estimate of drug-likeness (QED) is 0.803. The minimum absolute atomic E-state index is 0.0163. The number of hydrogen-bond donors (Lipinski definition) is 1. The summed E-state index contributed by atoms with van der Waals surface area (Å²) in [5, 5.41) is 0. The summed E-state index contributed by atoms with van der Waals surface area (Å²) >= 11 is 0. The summed E-state index contributed by atoms with van der Waals surface area (Å²) in [5.41, 5.74) is 6.14. The SMILES string of the molecule is CCC1OCCC1C(N)c1ccco1. The Labute approximate surface area is 84.2 Å². The first-order valence-corrected chi connectivity index (χ1v) is 5.23. The van der Waals surface area contributed by atoms with Crippen LogP contribution < -0.4 is 5.73 Å². The van der Waals surface area contributed by atoms with Gasteiger partial charge in [0.05, 0.1) is 18.4 Å². The highest BCUT2D eigenvalue weighted by atomic mass is 16.5. The first kappa shape index (κ1) is 9.74. The lowest BCUT2D eigenvalue weighted by Gasteiger charge is -2.21. The van der Waals surface area contributed by atoms with Crippen molar-refractivity contribution < 1.29 is 9.15 Å². The van der Waals surface area contributed by atoms with E-state index in [4.69, 9.17) is 14.9 Å². The molecule has 0 amide bonds. The second-order valence-electron chi connectivity index (χ2n) is 3.81. The summed E-state index contributed by atoms with van der Waals surface area (Å²) in [5.74, 6) is 1.28. The Kier molecular flexibility index (Phi) is 2.89. The zero-order valence-corrected chi connectivity index (χ0v) is 8.48. The third-order valence-electron chi connectivity index (χ3n) is 3.00. The van der Waals surface area contributed by atoms with Crippen LogP contribution >= 0.6 is 0 Å². The number of furan rings is 1. The van der Waals surface area contributed by atoms with Crippen LogP contribution in [0.4, 0.5) is 0 Å². The first-order valence-electron chi connectivity index (χ1n) is 5.23. The second-order valence-corrected chi connectivity index (χ2v) is 3.81. The van der Waals surface area contributed by atoms with Gasteiger partial charge in [-0.3, -0.25) is 0 Å². The van der Waals surface area contributed by atoms with E-state index in [1.807, 2.05) is 12.1 Å². The van der Waals surface area contributed by atoms with Gasteiger partial charge in [0.1, 0.15) is 5.76 Å². The van der Waals surface area contributed by atoms with E-state index in [-0.39, 0.29) is 6.04 Å². The molecule has 3 nitrogen and oxygen atoms in total. The fourth-order valence-corrected chi connectivity index (χ4v) is 2.19. The van der Waals surface area contributed by atoms with Crippen molar-refractivity contribution in [2.45, 2.75) is 31.9 Å². The maximum Gasteiger partial charge on any atom is 0.120 e. The molecule has 2 rings (SSSR count). The van der Waals surface area contributed by atoms with Gasteiger partial charge in [-0.25, -0.2) is 0 Å². The molecule has 14 heavy (non-hydrogen) atoms. The molecule has 78 valence electrons. The van der Waals surface area contributed by atoms with Crippen molar-refractivity contribution in [3.63, 3.8) is 0 Å². The maximum atomic E-state index is 6.14. The summed E-state index contributed by atoms with van der Waals surface area (Å²) in [6, 6.07) is 3.80. The zero-order chi connectivity index (χ0) is 9.97. The van der Waals surface area contributed by atoms with E-state index in [1.165, 1.54) is 0 Å². The number of ether oxygens (including phenoxy) is 1. The third kappa shape index (κ3) is 1.70. The molecule has 2 N–H and O–H groups in total. The number of nitrogens with two attached hydrogens (primary N) is 1. The second kappa shape index (κ2) is 4.15. The average molecular weight is 195 g/mol. The van der Waals surface area contributed by atoms with Gasteiger partial charge in [-0.15, -0.1) is 0 Å². The molecule has 0 bridgehead atoms. The molecule has 1 saturated heterocycles. The molecule has 3 atom stereocenters. The minimum Gasteiger partial charge on any atom is -0.468 e. The largest absolute Gasteiger partial charge is 0.468 e. The first-order chi connectivity index (χ1) is 6.83. The molecule has 1 fully saturated rings. The van der Waals surface area contributed by atoms with Crippen molar-refractivity contribution in [3.8, 4) is 0 Å². The summed E-state index contributed by atoms with van der Waals surface area (Å²) in [6.07, 6.45) is 4.04. The number of hydrogen-bond acceptors (Lipinski definition) is 3. The van der Waals surface area contributed by atoms with Crippen LogP contribution in [0.15, 0.2) is 22.8 Å². The molecule has 0 saturated carbocycles. The van der Waals surface area contributed by atoms with Gasteiger partial charge < -0.3 is 14.9 Å². The molecular formula is C11H17NO2. The van der Waals surface area contributed by atoms with Gasteiger partial charge in [-0.1, -0.05) is 6.92 Å². The topological polar surface area (TPSA) is 48.4 Å². The lowest BCUT2D eigenvalue weighted by atomic mass is 9.90. The van der Waals surface area contributed by atoms with E-state index in [9.17, 15) is 0 Å². The smallest absolute Gasteiger partial charge is 0.120 e. The number of rotatable bonds is 3. The molecule has 1 aliphatic heterocycles. The molecule has 1 aliphatic rings. The summed E-state index contributed by atoms with van der Waals surface area (Å²) in [6.45, 7) is 2.97. The van der Waals surface area contributed by atoms with Gasteiger partial charge in [0, 0.05) is 12.5 Å². The van der Waals surface area contributed by atoms with Crippen LogP contribution in [0.5, 0.6) is 0 Å². The van der Waals surface area contributed by atoms with E-state index in [2.05, 4.69) is 6.92 Å². The monoisotopic (exact) mass is 195 g/mol. The van der Waals surface area contributed by atoms with Crippen LogP contribution in [0.25, 0.3) is 0 Å². The predicted molar refractivity (Wildman–Crippen MR) is 53.8 cm³/mol. The molecule has 0 aliphatic carbocycles. The van der Waals surface area contributed by atoms with E-state index >= 15 is 0 Å². The zero-order valence-electron chi connectivity index (χ0n) is 8.48. The Morgan fingerprint density at radius 3 is 3.14 bits per heavy atom. The molecule has 3 unspecified atom stereocenters. The highest BCUT2D eigenvalue weighted by molar-refractivity contribution is 5.06. The highest BCUT2D eigenvalue weighted by Gasteiger charge is 2.33. The van der Waals surface area contributed by atoms with E-state index < -0.39 is 0 Å². The fraction of sp³-hybridized carbons (Fsp3) is 0.636. The van der Waals surface area contributed by atoms with E-state index in [0.29, 0.717) is 12.0 Å². The molecule has 0 aromatic carbocycles. The molecule has 0 radical (unpaired) electrons. The fourth-order valence-electron chi connectivity index (χ4n) is 2.19. The third-order valence-corrected chi connectivity index (χ3v) is 3.00. The normalized spacial score (nSPS) is 29.3. The Balaban J connectivity index is 2.07. The maximum absolute atomic E-state index is 6.14. The minimum atomic E-state index is -0.0163. The van der Waals surface area contributed by atoms with Crippen LogP contribution in [0.1, 0.15) is 31.6 Å². The van der Waals surface area contributed by atoms with Crippen molar-refractivity contribution in [2.75, 3.05) is 6.61 Å². The predicted octanol–water partition coefficient (Wildman–Crippen LogP) is 2.09. The van der Waals surface area contributed by atoms with Gasteiger partial charge >= 0.3 is 0 Å². The van der Waals surface area contributed by atoms with Crippen LogP contribution in [0.2, 0.25) is 0 Å². The Hall–Kier alpha value is -0.800.